The van der Waals surface area contributed by atoms with Crippen molar-refractivity contribution in [2.24, 2.45) is 0 Å². The molecule has 4 aromatic heterocycles. The Morgan fingerprint density at radius 3 is 1.35 bits per heavy atom. The molecule has 0 fully saturated rings. The van der Waals surface area contributed by atoms with Crippen LogP contribution in [0.1, 0.15) is 0 Å². The van der Waals surface area contributed by atoms with Gasteiger partial charge in [-0.3, -0.25) is 4.57 Å². The maximum atomic E-state index is 5.33. The second kappa shape index (κ2) is 16.2. The molecule has 0 aliphatic heterocycles. The molecule has 318 valence electrons. The van der Waals surface area contributed by atoms with Crippen LogP contribution >= 0.6 is 0 Å². The van der Waals surface area contributed by atoms with Crippen molar-refractivity contribution >= 4 is 43.6 Å². The summed E-state index contributed by atoms with van der Waals surface area (Å²) in [6, 6.07) is 79.3. The highest BCUT2D eigenvalue weighted by Gasteiger charge is 2.25. The van der Waals surface area contributed by atoms with E-state index in [9.17, 15) is 0 Å². The topological polar surface area (TPSA) is 87.2 Å². The van der Waals surface area contributed by atoms with Gasteiger partial charge in [-0.2, -0.15) is 9.97 Å². The zero-order chi connectivity index (χ0) is 45.0. The molecule has 8 heteroatoms. The average molecular weight is 871 g/mol. The Hall–Kier alpha value is -9.40. The van der Waals surface area contributed by atoms with Crippen LogP contribution in [0.3, 0.4) is 0 Å². The summed E-state index contributed by atoms with van der Waals surface area (Å²) in [4.78, 5) is 31.2. The Bertz CT molecular complexity index is 3960. The Morgan fingerprint density at radius 2 is 0.721 bits per heavy atom. The monoisotopic (exact) mass is 870 g/mol. The summed E-state index contributed by atoms with van der Waals surface area (Å²) in [6.45, 7) is 0. The van der Waals surface area contributed by atoms with Crippen LogP contribution < -0.4 is 0 Å². The SMILES string of the molecule is c1ccc(-c2cccc(-c3nc(-c4ccccc4)nc(-c4ccccc4-n4c5ccccc5c5ccc6c(c7ccccc7n6-c6nc(-c7ccccc7)nc(-c7ccccc7)n6)c54)n3)c2)cc1. The van der Waals surface area contributed by atoms with E-state index >= 15 is 0 Å². The largest absolute Gasteiger partial charge is 0.308 e. The molecule has 0 bridgehead atoms. The normalized spacial score (nSPS) is 11.5. The maximum Gasteiger partial charge on any atom is 0.238 e. The molecule has 0 N–H and O–H groups in total. The third-order valence-corrected chi connectivity index (χ3v) is 12.6. The lowest BCUT2D eigenvalue weighted by Gasteiger charge is -2.15. The molecule has 8 nitrogen and oxygen atoms in total. The van der Waals surface area contributed by atoms with Gasteiger partial charge in [0.15, 0.2) is 29.1 Å². The highest BCUT2D eigenvalue weighted by atomic mass is 15.2. The third-order valence-electron chi connectivity index (χ3n) is 12.6. The summed E-state index contributed by atoms with van der Waals surface area (Å²) >= 11 is 0. The predicted molar refractivity (Wildman–Crippen MR) is 275 cm³/mol. The van der Waals surface area contributed by atoms with Crippen LogP contribution in [-0.2, 0) is 0 Å². The van der Waals surface area contributed by atoms with E-state index in [0.29, 0.717) is 35.1 Å². The van der Waals surface area contributed by atoms with Crippen LogP contribution in [0.5, 0.6) is 0 Å². The van der Waals surface area contributed by atoms with Crippen LogP contribution in [0.25, 0.3) is 123 Å². The lowest BCUT2D eigenvalue weighted by Crippen LogP contribution is -2.06. The van der Waals surface area contributed by atoms with E-state index in [1.807, 2.05) is 97.1 Å². The fraction of sp³-hybridized carbons (Fsp3) is 0. The van der Waals surface area contributed by atoms with Gasteiger partial charge in [0.2, 0.25) is 5.95 Å². The minimum atomic E-state index is 0.536. The summed E-state index contributed by atoms with van der Waals surface area (Å²) in [7, 11) is 0. The second-order valence-electron chi connectivity index (χ2n) is 16.7. The van der Waals surface area contributed by atoms with Crippen LogP contribution in [0.4, 0.5) is 0 Å². The predicted octanol–water partition coefficient (Wildman–Crippen LogP) is 14.3. The van der Waals surface area contributed by atoms with Gasteiger partial charge in [-0.1, -0.05) is 194 Å². The van der Waals surface area contributed by atoms with Gasteiger partial charge in [-0.15, -0.1) is 0 Å². The van der Waals surface area contributed by atoms with Crippen molar-refractivity contribution in [2.75, 3.05) is 0 Å². The number of nitrogens with zero attached hydrogens (tertiary/aromatic N) is 8. The first kappa shape index (κ1) is 39.0. The average Bonchev–Trinajstić information content (AvgIpc) is 3.95. The molecular formula is C60H38N8. The highest BCUT2D eigenvalue weighted by Crippen LogP contribution is 2.43. The van der Waals surface area contributed by atoms with E-state index in [2.05, 4.69) is 143 Å². The van der Waals surface area contributed by atoms with Crippen molar-refractivity contribution in [2.45, 2.75) is 0 Å². The highest BCUT2D eigenvalue weighted by molar-refractivity contribution is 6.26. The summed E-state index contributed by atoms with van der Waals surface area (Å²) in [5.74, 6) is 3.50. The lowest BCUT2D eigenvalue weighted by molar-refractivity contribution is 0.953. The standard InChI is InChI=1S/C60H38N8/c1-5-20-39(21-6-1)43-28-19-29-44(38-43)58-61-55(40-22-7-2-8-23-40)63-59(64-58)48-32-15-18-35-51(48)67-49-33-16-13-30-45(49)46-36-37-52-53(54(46)67)47-31-14-17-34-50(47)68(52)60-65-56(41-24-9-3-10-25-41)62-57(66-60)42-26-11-4-12-27-42/h1-38H. The van der Waals surface area contributed by atoms with E-state index in [1.165, 1.54) is 0 Å². The third kappa shape index (κ3) is 6.62. The van der Waals surface area contributed by atoms with E-state index in [4.69, 9.17) is 29.9 Å². The van der Waals surface area contributed by atoms with Gasteiger partial charge in [0.05, 0.1) is 27.8 Å². The van der Waals surface area contributed by atoms with Crippen LogP contribution in [0.2, 0.25) is 0 Å². The Labute approximate surface area is 391 Å². The second-order valence-corrected chi connectivity index (χ2v) is 16.7. The summed E-state index contributed by atoms with van der Waals surface area (Å²) < 4.78 is 4.57. The van der Waals surface area contributed by atoms with E-state index in [-0.39, 0.29) is 0 Å². The van der Waals surface area contributed by atoms with Gasteiger partial charge < -0.3 is 4.57 Å². The molecule has 0 saturated carbocycles. The minimum absolute atomic E-state index is 0.536. The first-order chi connectivity index (χ1) is 33.7. The van der Waals surface area contributed by atoms with E-state index < -0.39 is 0 Å². The van der Waals surface area contributed by atoms with Crippen molar-refractivity contribution in [1.29, 1.82) is 0 Å². The molecule has 0 aliphatic carbocycles. The molecule has 4 heterocycles. The van der Waals surface area contributed by atoms with Crippen LogP contribution in [0, 0.1) is 0 Å². The summed E-state index contributed by atoms with van der Waals surface area (Å²) in [5, 5.41) is 4.40. The first-order valence-electron chi connectivity index (χ1n) is 22.6. The molecule has 0 spiro atoms. The smallest absolute Gasteiger partial charge is 0.238 e. The molecule has 0 radical (unpaired) electrons. The molecule has 0 unspecified atom stereocenters. The van der Waals surface area contributed by atoms with Gasteiger partial charge in [0.1, 0.15) is 0 Å². The first-order valence-corrected chi connectivity index (χ1v) is 22.6. The van der Waals surface area contributed by atoms with Crippen molar-refractivity contribution < 1.29 is 0 Å². The number of aromatic nitrogens is 8. The quantitative estimate of drug-likeness (QED) is 0.151. The van der Waals surface area contributed by atoms with Crippen molar-refractivity contribution in [1.82, 2.24) is 39.0 Å². The van der Waals surface area contributed by atoms with Crippen molar-refractivity contribution in [3.05, 3.63) is 231 Å². The molecule has 68 heavy (non-hydrogen) atoms. The fourth-order valence-corrected chi connectivity index (χ4v) is 9.54. The zero-order valence-corrected chi connectivity index (χ0v) is 36.5. The fourth-order valence-electron chi connectivity index (χ4n) is 9.54. The lowest BCUT2D eigenvalue weighted by atomic mass is 10.0. The summed E-state index contributed by atoms with van der Waals surface area (Å²) in [6.07, 6.45) is 0. The van der Waals surface area contributed by atoms with E-state index in [1.54, 1.807) is 0 Å². The minimum Gasteiger partial charge on any atom is -0.308 e. The number of hydrogen-bond acceptors (Lipinski definition) is 6. The Kier molecular flexibility index (Phi) is 9.31. The van der Waals surface area contributed by atoms with Gasteiger partial charge in [-0.25, -0.2) is 19.9 Å². The molecule has 0 atom stereocenters. The van der Waals surface area contributed by atoms with Crippen LogP contribution in [0.15, 0.2) is 231 Å². The van der Waals surface area contributed by atoms with Crippen molar-refractivity contribution in [3.63, 3.8) is 0 Å². The van der Waals surface area contributed by atoms with Gasteiger partial charge in [-0.05, 0) is 47.5 Å². The zero-order valence-electron chi connectivity index (χ0n) is 36.5. The van der Waals surface area contributed by atoms with Gasteiger partial charge in [0.25, 0.3) is 0 Å². The van der Waals surface area contributed by atoms with Gasteiger partial charge >= 0.3 is 0 Å². The number of rotatable bonds is 8. The Balaban J connectivity index is 1.08. The molecule has 13 rings (SSSR count). The number of fused-ring (bicyclic) bond motifs is 7. The number of para-hydroxylation sites is 3. The summed E-state index contributed by atoms with van der Waals surface area (Å²) in [5.41, 5.74) is 11.7. The molecule has 0 aliphatic rings. The molecule has 0 saturated heterocycles. The molecule has 13 aromatic rings. The van der Waals surface area contributed by atoms with Crippen molar-refractivity contribution in [3.8, 4) is 79.7 Å². The molecular weight excluding hydrogens is 833 g/mol. The maximum absolute atomic E-state index is 5.33. The molecule has 9 aromatic carbocycles. The van der Waals surface area contributed by atoms with E-state index in [0.717, 1.165) is 88.2 Å². The van der Waals surface area contributed by atoms with Crippen LogP contribution in [-0.4, -0.2) is 39.0 Å². The number of hydrogen-bond donors (Lipinski definition) is 0. The molecule has 0 amide bonds. The number of benzene rings is 9. The Morgan fingerprint density at radius 1 is 0.265 bits per heavy atom. The van der Waals surface area contributed by atoms with Gasteiger partial charge in [0, 0.05) is 49.4 Å².